The van der Waals surface area contributed by atoms with Gasteiger partial charge in [0.05, 0.1) is 19.8 Å². The second kappa shape index (κ2) is 8.93. The standard InChI is InChI=1S/C12H25NO3/c1-13-12(11-4-5-11)10-16-9-8-15-7-3-6-14-2/h11-13H,3-10H2,1-2H3. The molecule has 1 saturated carbocycles. The normalized spacial score (nSPS) is 17.6. The van der Waals surface area contributed by atoms with Crippen LogP contribution in [0.15, 0.2) is 0 Å². The van der Waals surface area contributed by atoms with Gasteiger partial charge in [-0.1, -0.05) is 0 Å². The van der Waals surface area contributed by atoms with Crippen LogP contribution < -0.4 is 5.32 Å². The highest BCUT2D eigenvalue weighted by atomic mass is 16.5. The molecule has 0 amide bonds. The number of methoxy groups -OCH3 is 1. The van der Waals surface area contributed by atoms with Gasteiger partial charge in [0.2, 0.25) is 0 Å². The Morgan fingerprint density at radius 2 is 1.88 bits per heavy atom. The fraction of sp³-hybridized carbons (Fsp3) is 1.00. The summed E-state index contributed by atoms with van der Waals surface area (Å²) in [4.78, 5) is 0. The number of hydrogen-bond donors (Lipinski definition) is 1. The zero-order valence-electron chi connectivity index (χ0n) is 10.5. The van der Waals surface area contributed by atoms with E-state index < -0.39 is 0 Å². The molecule has 1 fully saturated rings. The average molecular weight is 231 g/mol. The predicted molar refractivity (Wildman–Crippen MR) is 63.7 cm³/mol. The zero-order valence-corrected chi connectivity index (χ0v) is 10.5. The molecular formula is C12H25NO3. The number of nitrogens with one attached hydrogen (secondary N) is 1. The molecule has 1 atom stereocenters. The van der Waals surface area contributed by atoms with Gasteiger partial charge in [0.25, 0.3) is 0 Å². The topological polar surface area (TPSA) is 39.7 Å². The first-order valence-electron chi connectivity index (χ1n) is 6.20. The molecule has 1 rings (SSSR count). The Bertz CT molecular complexity index is 162. The van der Waals surface area contributed by atoms with Crippen LogP contribution in [0.3, 0.4) is 0 Å². The zero-order chi connectivity index (χ0) is 11.6. The molecule has 0 spiro atoms. The predicted octanol–water partition coefficient (Wildman–Crippen LogP) is 1.05. The van der Waals surface area contributed by atoms with Crippen molar-refractivity contribution in [2.24, 2.45) is 5.92 Å². The molecule has 0 heterocycles. The molecule has 0 radical (unpaired) electrons. The summed E-state index contributed by atoms with van der Waals surface area (Å²) in [7, 11) is 3.71. The van der Waals surface area contributed by atoms with Gasteiger partial charge in [0, 0.05) is 26.4 Å². The molecule has 1 N–H and O–H groups in total. The van der Waals surface area contributed by atoms with E-state index in [-0.39, 0.29) is 0 Å². The molecule has 0 aromatic heterocycles. The smallest absolute Gasteiger partial charge is 0.0701 e. The van der Waals surface area contributed by atoms with E-state index in [4.69, 9.17) is 14.2 Å². The molecule has 0 saturated heterocycles. The third-order valence-electron chi connectivity index (χ3n) is 2.87. The van der Waals surface area contributed by atoms with Gasteiger partial charge in [-0.15, -0.1) is 0 Å². The van der Waals surface area contributed by atoms with Crippen LogP contribution in [0.2, 0.25) is 0 Å². The van der Waals surface area contributed by atoms with Crippen LogP contribution in [0, 0.1) is 5.92 Å². The molecular weight excluding hydrogens is 206 g/mol. The van der Waals surface area contributed by atoms with E-state index in [1.807, 2.05) is 7.05 Å². The van der Waals surface area contributed by atoms with Gasteiger partial charge in [-0.2, -0.15) is 0 Å². The number of rotatable bonds is 11. The van der Waals surface area contributed by atoms with Crippen LogP contribution in [-0.2, 0) is 14.2 Å². The lowest BCUT2D eigenvalue weighted by atomic mass is 10.2. The first kappa shape index (κ1) is 13.9. The van der Waals surface area contributed by atoms with Gasteiger partial charge >= 0.3 is 0 Å². The van der Waals surface area contributed by atoms with Crippen LogP contribution in [0.4, 0.5) is 0 Å². The summed E-state index contributed by atoms with van der Waals surface area (Å²) in [6.07, 6.45) is 3.66. The van der Waals surface area contributed by atoms with Crippen LogP contribution in [-0.4, -0.2) is 53.2 Å². The van der Waals surface area contributed by atoms with Crippen molar-refractivity contribution in [1.82, 2.24) is 5.32 Å². The molecule has 1 aliphatic carbocycles. The lowest BCUT2D eigenvalue weighted by molar-refractivity contribution is 0.0313. The van der Waals surface area contributed by atoms with Gasteiger partial charge in [0.1, 0.15) is 0 Å². The molecule has 4 heteroatoms. The van der Waals surface area contributed by atoms with Gasteiger partial charge in [-0.25, -0.2) is 0 Å². The van der Waals surface area contributed by atoms with Crippen molar-refractivity contribution in [3.05, 3.63) is 0 Å². The first-order chi connectivity index (χ1) is 7.88. The fourth-order valence-corrected chi connectivity index (χ4v) is 1.69. The summed E-state index contributed by atoms with van der Waals surface area (Å²) in [5, 5.41) is 3.30. The fourth-order valence-electron chi connectivity index (χ4n) is 1.69. The monoisotopic (exact) mass is 231 g/mol. The Hall–Kier alpha value is -0.160. The highest BCUT2D eigenvalue weighted by Gasteiger charge is 2.29. The quantitative estimate of drug-likeness (QED) is 0.540. The highest BCUT2D eigenvalue weighted by molar-refractivity contribution is 4.85. The highest BCUT2D eigenvalue weighted by Crippen LogP contribution is 2.32. The summed E-state index contributed by atoms with van der Waals surface area (Å²) in [6.45, 7) is 3.71. The Morgan fingerprint density at radius 1 is 1.12 bits per heavy atom. The third-order valence-corrected chi connectivity index (χ3v) is 2.87. The van der Waals surface area contributed by atoms with E-state index in [1.54, 1.807) is 7.11 Å². The maximum absolute atomic E-state index is 5.58. The van der Waals surface area contributed by atoms with Crippen molar-refractivity contribution in [2.75, 3.05) is 47.2 Å². The van der Waals surface area contributed by atoms with E-state index in [2.05, 4.69) is 5.32 Å². The van der Waals surface area contributed by atoms with Crippen molar-refractivity contribution < 1.29 is 14.2 Å². The summed E-state index contributed by atoms with van der Waals surface area (Å²) < 4.78 is 15.9. The first-order valence-corrected chi connectivity index (χ1v) is 6.20. The maximum Gasteiger partial charge on any atom is 0.0701 e. The lowest BCUT2D eigenvalue weighted by Crippen LogP contribution is -2.32. The maximum atomic E-state index is 5.58. The molecule has 4 nitrogen and oxygen atoms in total. The van der Waals surface area contributed by atoms with Crippen LogP contribution in [0.5, 0.6) is 0 Å². The molecule has 1 aliphatic rings. The van der Waals surface area contributed by atoms with E-state index in [9.17, 15) is 0 Å². The Morgan fingerprint density at radius 3 is 2.50 bits per heavy atom. The van der Waals surface area contributed by atoms with Crippen LogP contribution >= 0.6 is 0 Å². The van der Waals surface area contributed by atoms with Gasteiger partial charge in [0.15, 0.2) is 0 Å². The van der Waals surface area contributed by atoms with Crippen LogP contribution in [0.25, 0.3) is 0 Å². The van der Waals surface area contributed by atoms with E-state index in [1.165, 1.54) is 12.8 Å². The molecule has 0 aromatic rings. The summed E-state index contributed by atoms with van der Waals surface area (Å²) >= 11 is 0. The Balaban J connectivity index is 1.80. The minimum Gasteiger partial charge on any atom is -0.385 e. The van der Waals surface area contributed by atoms with E-state index >= 15 is 0 Å². The minimum atomic E-state index is 0.536. The largest absolute Gasteiger partial charge is 0.385 e. The van der Waals surface area contributed by atoms with E-state index in [0.29, 0.717) is 19.3 Å². The average Bonchev–Trinajstić information content (AvgIpc) is 3.11. The summed E-state index contributed by atoms with van der Waals surface area (Å²) in [5.41, 5.74) is 0. The third kappa shape index (κ3) is 6.43. The van der Waals surface area contributed by atoms with Crippen molar-refractivity contribution in [1.29, 1.82) is 0 Å². The van der Waals surface area contributed by atoms with Crippen molar-refractivity contribution in [3.8, 4) is 0 Å². The lowest BCUT2D eigenvalue weighted by Gasteiger charge is -2.15. The van der Waals surface area contributed by atoms with Gasteiger partial charge < -0.3 is 19.5 Å². The second-order valence-electron chi connectivity index (χ2n) is 4.27. The SMILES string of the molecule is CNC(COCCOCCCOC)C1CC1. The molecule has 0 aromatic carbocycles. The van der Waals surface area contributed by atoms with Gasteiger partial charge in [-0.05, 0) is 32.2 Å². The Kier molecular flexibility index (Phi) is 7.76. The molecule has 16 heavy (non-hydrogen) atoms. The minimum absolute atomic E-state index is 0.536. The van der Waals surface area contributed by atoms with Crippen molar-refractivity contribution in [3.63, 3.8) is 0 Å². The van der Waals surface area contributed by atoms with Crippen molar-refractivity contribution >= 4 is 0 Å². The van der Waals surface area contributed by atoms with E-state index in [0.717, 1.165) is 32.2 Å². The molecule has 0 aliphatic heterocycles. The number of hydrogen-bond acceptors (Lipinski definition) is 4. The number of likely N-dealkylation sites (N-methyl/N-ethyl adjacent to an activating group) is 1. The van der Waals surface area contributed by atoms with Crippen LogP contribution in [0.1, 0.15) is 19.3 Å². The molecule has 96 valence electrons. The Labute approximate surface area is 98.6 Å². The summed E-state index contributed by atoms with van der Waals surface area (Å²) in [6, 6.07) is 0.536. The van der Waals surface area contributed by atoms with Gasteiger partial charge in [-0.3, -0.25) is 0 Å². The molecule has 0 bridgehead atoms. The van der Waals surface area contributed by atoms with Crippen molar-refractivity contribution in [2.45, 2.75) is 25.3 Å². The molecule has 1 unspecified atom stereocenters. The second-order valence-corrected chi connectivity index (χ2v) is 4.27. The number of ether oxygens (including phenoxy) is 3. The summed E-state index contributed by atoms with van der Waals surface area (Å²) in [5.74, 6) is 0.840.